The van der Waals surface area contributed by atoms with Crippen molar-refractivity contribution in [2.75, 3.05) is 18.9 Å². The van der Waals surface area contributed by atoms with Gasteiger partial charge in [-0.2, -0.15) is 0 Å². The zero-order valence-corrected chi connectivity index (χ0v) is 9.62. The van der Waals surface area contributed by atoms with Gasteiger partial charge in [-0.25, -0.2) is 13.6 Å². The second-order valence-corrected chi connectivity index (χ2v) is 4.08. The summed E-state index contributed by atoms with van der Waals surface area (Å²) >= 11 is 0. The summed E-state index contributed by atoms with van der Waals surface area (Å²) in [6.45, 7) is 0.954. The van der Waals surface area contributed by atoms with Gasteiger partial charge in [0, 0.05) is 18.5 Å². The lowest BCUT2D eigenvalue weighted by atomic mass is 10.1. The Bertz CT molecular complexity index is 436. The van der Waals surface area contributed by atoms with E-state index in [-0.39, 0.29) is 11.8 Å². The number of halogens is 2. The summed E-state index contributed by atoms with van der Waals surface area (Å²) < 4.78 is 37.1. The van der Waals surface area contributed by atoms with Crippen LogP contribution in [-0.4, -0.2) is 25.3 Å². The molecule has 18 heavy (non-hydrogen) atoms. The Labute approximate surface area is 103 Å². The Hall–Kier alpha value is -1.69. The van der Waals surface area contributed by atoms with E-state index in [0.29, 0.717) is 26.1 Å². The zero-order chi connectivity index (χ0) is 13.1. The van der Waals surface area contributed by atoms with Crippen molar-refractivity contribution < 1.29 is 23.0 Å². The fourth-order valence-electron chi connectivity index (χ4n) is 1.79. The van der Waals surface area contributed by atoms with Crippen LogP contribution in [0.25, 0.3) is 0 Å². The smallest absolute Gasteiger partial charge is 0.344 e. The molecule has 0 radical (unpaired) electrons. The molecule has 0 unspecified atom stereocenters. The Morgan fingerprint density at radius 3 is 2.39 bits per heavy atom. The SMILES string of the molecule is Nc1cc(F)c(C(=O)OC2CCOCC2)c(F)c1. The summed E-state index contributed by atoms with van der Waals surface area (Å²) in [5.74, 6) is -3.02. The molecule has 0 saturated carbocycles. The molecule has 1 aliphatic rings. The van der Waals surface area contributed by atoms with E-state index in [1.54, 1.807) is 0 Å². The van der Waals surface area contributed by atoms with Gasteiger partial charge in [0.15, 0.2) is 0 Å². The van der Waals surface area contributed by atoms with Crippen LogP contribution in [0.5, 0.6) is 0 Å². The third kappa shape index (κ3) is 2.76. The lowest BCUT2D eigenvalue weighted by Gasteiger charge is -2.22. The van der Waals surface area contributed by atoms with Crippen LogP contribution in [0.15, 0.2) is 12.1 Å². The molecule has 1 aromatic rings. The van der Waals surface area contributed by atoms with E-state index < -0.39 is 23.2 Å². The number of esters is 1. The van der Waals surface area contributed by atoms with Gasteiger partial charge in [0.25, 0.3) is 0 Å². The molecule has 0 spiro atoms. The number of carbonyl (C=O) groups excluding carboxylic acids is 1. The maximum atomic E-state index is 13.5. The third-order valence-electron chi connectivity index (χ3n) is 2.71. The molecule has 2 rings (SSSR count). The normalized spacial score (nSPS) is 16.6. The highest BCUT2D eigenvalue weighted by molar-refractivity contribution is 5.90. The predicted octanol–water partition coefficient (Wildman–Crippen LogP) is 1.88. The first kappa shape index (κ1) is 12.8. The van der Waals surface area contributed by atoms with Gasteiger partial charge >= 0.3 is 5.97 Å². The molecule has 2 N–H and O–H groups in total. The van der Waals surface area contributed by atoms with E-state index in [0.717, 1.165) is 12.1 Å². The monoisotopic (exact) mass is 257 g/mol. The van der Waals surface area contributed by atoms with E-state index in [2.05, 4.69) is 0 Å². The molecule has 0 bridgehead atoms. The lowest BCUT2D eigenvalue weighted by Crippen LogP contribution is -2.27. The quantitative estimate of drug-likeness (QED) is 0.649. The Balaban J connectivity index is 2.13. The first-order valence-corrected chi connectivity index (χ1v) is 5.61. The first-order chi connectivity index (χ1) is 8.58. The number of hydrogen-bond donors (Lipinski definition) is 1. The van der Waals surface area contributed by atoms with Crippen molar-refractivity contribution in [1.29, 1.82) is 0 Å². The molecular weight excluding hydrogens is 244 g/mol. The van der Waals surface area contributed by atoms with Crippen LogP contribution < -0.4 is 5.73 Å². The number of benzene rings is 1. The van der Waals surface area contributed by atoms with Gasteiger partial charge in [0.1, 0.15) is 23.3 Å². The van der Waals surface area contributed by atoms with E-state index in [9.17, 15) is 13.6 Å². The molecule has 98 valence electrons. The highest BCUT2D eigenvalue weighted by atomic mass is 19.1. The Morgan fingerprint density at radius 1 is 1.28 bits per heavy atom. The summed E-state index contributed by atoms with van der Waals surface area (Å²) in [6, 6.07) is 1.79. The van der Waals surface area contributed by atoms with Crippen LogP contribution in [0.2, 0.25) is 0 Å². The Morgan fingerprint density at radius 2 is 1.83 bits per heavy atom. The van der Waals surface area contributed by atoms with Gasteiger partial charge in [-0.1, -0.05) is 0 Å². The molecule has 1 fully saturated rings. The summed E-state index contributed by atoms with van der Waals surface area (Å²) in [5, 5.41) is 0. The fraction of sp³-hybridized carbons (Fsp3) is 0.417. The molecule has 0 aliphatic carbocycles. The van der Waals surface area contributed by atoms with Crippen LogP contribution in [0.1, 0.15) is 23.2 Å². The second kappa shape index (κ2) is 5.30. The van der Waals surface area contributed by atoms with Gasteiger partial charge in [-0.05, 0) is 12.1 Å². The second-order valence-electron chi connectivity index (χ2n) is 4.08. The van der Waals surface area contributed by atoms with Crippen LogP contribution in [-0.2, 0) is 9.47 Å². The van der Waals surface area contributed by atoms with E-state index >= 15 is 0 Å². The van der Waals surface area contributed by atoms with E-state index in [1.807, 2.05) is 0 Å². The average Bonchev–Trinajstić information content (AvgIpc) is 2.28. The first-order valence-electron chi connectivity index (χ1n) is 5.61. The molecule has 1 aliphatic heterocycles. The van der Waals surface area contributed by atoms with E-state index in [1.165, 1.54) is 0 Å². The van der Waals surface area contributed by atoms with E-state index in [4.69, 9.17) is 15.2 Å². The number of ether oxygens (including phenoxy) is 2. The zero-order valence-electron chi connectivity index (χ0n) is 9.62. The van der Waals surface area contributed by atoms with Gasteiger partial charge < -0.3 is 15.2 Å². The van der Waals surface area contributed by atoms with Crippen molar-refractivity contribution in [1.82, 2.24) is 0 Å². The fourth-order valence-corrected chi connectivity index (χ4v) is 1.79. The largest absolute Gasteiger partial charge is 0.458 e. The average molecular weight is 257 g/mol. The van der Waals surface area contributed by atoms with Crippen LogP contribution in [0, 0.1) is 11.6 Å². The van der Waals surface area contributed by atoms with Crippen LogP contribution >= 0.6 is 0 Å². The van der Waals surface area contributed by atoms with Gasteiger partial charge in [0.05, 0.1) is 13.2 Å². The molecule has 6 heteroatoms. The summed E-state index contributed by atoms with van der Waals surface area (Å²) in [5.41, 5.74) is 4.49. The number of rotatable bonds is 2. The number of hydrogen-bond acceptors (Lipinski definition) is 4. The molecule has 0 amide bonds. The summed E-state index contributed by atoms with van der Waals surface area (Å²) in [7, 11) is 0. The highest BCUT2D eigenvalue weighted by Crippen LogP contribution is 2.20. The minimum Gasteiger partial charge on any atom is -0.458 e. The predicted molar refractivity (Wildman–Crippen MR) is 60.0 cm³/mol. The molecule has 1 aromatic carbocycles. The minimum absolute atomic E-state index is 0.0763. The number of carbonyl (C=O) groups is 1. The number of nitrogens with two attached hydrogens (primary N) is 1. The molecule has 0 aromatic heterocycles. The maximum absolute atomic E-state index is 13.5. The van der Waals surface area contributed by atoms with Gasteiger partial charge in [-0.3, -0.25) is 0 Å². The van der Waals surface area contributed by atoms with Gasteiger partial charge in [-0.15, -0.1) is 0 Å². The van der Waals surface area contributed by atoms with Crippen molar-refractivity contribution in [2.45, 2.75) is 18.9 Å². The molecule has 1 heterocycles. The van der Waals surface area contributed by atoms with Crippen molar-refractivity contribution >= 4 is 11.7 Å². The van der Waals surface area contributed by atoms with Gasteiger partial charge in [0.2, 0.25) is 0 Å². The maximum Gasteiger partial charge on any atom is 0.344 e. The van der Waals surface area contributed by atoms with Crippen molar-refractivity contribution in [3.8, 4) is 0 Å². The number of nitrogen functional groups attached to an aromatic ring is 1. The lowest BCUT2D eigenvalue weighted by molar-refractivity contribution is -0.0165. The van der Waals surface area contributed by atoms with Crippen LogP contribution in [0.4, 0.5) is 14.5 Å². The molecular formula is C12H13F2NO3. The minimum atomic E-state index is -1.01. The van der Waals surface area contributed by atoms with Crippen LogP contribution in [0.3, 0.4) is 0 Å². The third-order valence-corrected chi connectivity index (χ3v) is 2.71. The molecule has 4 nitrogen and oxygen atoms in total. The standard InChI is InChI=1S/C12H13F2NO3/c13-9-5-7(15)6-10(14)11(9)12(16)18-8-1-3-17-4-2-8/h5-6,8H,1-4,15H2. The summed E-state index contributed by atoms with van der Waals surface area (Å²) in [4.78, 5) is 11.7. The molecule has 0 atom stereocenters. The van der Waals surface area contributed by atoms with Crippen molar-refractivity contribution in [3.05, 3.63) is 29.3 Å². The topological polar surface area (TPSA) is 61.6 Å². The summed E-state index contributed by atoms with van der Waals surface area (Å²) in [6.07, 6.45) is 0.705. The highest BCUT2D eigenvalue weighted by Gasteiger charge is 2.24. The number of anilines is 1. The molecule has 1 saturated heterocycles. The Kier molecular flexibility index (Phi) is 3.76. The van der Waals surface area contributed by atoms with Crippen molar-refractivity contribution in [3.63, 3.8) is 0 Å². The van der Waals surface area contributed by atoms with Crippen molar-refractivity contribution in [2.24, 2.45) is 0 Å².